The number of terminal acetylenes is 2. The molecule has 0 saturated heterocycles. The Kier molecular flexibility index (Phi) is 7.17. The van der Waals surface area contributed by atoms with Crippen molar-refractivity contribution < 1.29 is 34.4 Å². The molecule has 0 heterocycles. The second kappa shape index (κ2) is 8.09. The van der Waals surface area contributed by atoms with Crippen LogP contribution in [0.3, 0.4) is 0 Å². The SMILES string of the molecule is C#CC(=O)OCC(O)C(O)C(O)COC(=O)C#C. The highest BCUT2D eigenvalue weighted by Gasteiger charge is 2.26. The minimum absolute atomic E-state index is 0.607. The van der Waals surface area contributed by atoms with E-state index in [0.717, 1.165) is 0 Å². The summed E-state index contributed by atoms with van der Waals surface area (Å²) >= 11 is 0. The summed E-state index contributed by atoms with van der Waals surface area (Å²) in [6.07, 6.45) is 4.54. The Morgan fingerprint density at radius 2 is 1.28 bits per heavy atom. The maximum Gasteiger partial charge on any atom is 0.384 e. The predicted molar refractivity (Wildman–Crippen MR) is 57.6 cm³/mol. The zero-order valence-electron chi connectivity index (χ0n) is 9.28. The van der Waals surface area contributed by atoms with Crippen LogP contribution in [0.5, 0.6) is 0 Å². The van der Waals surface area contributed by atoms with Crippen LogP contribution in [-0.2, 0) is 19.1 Å². The van der Waals surface area contributed by atoms with Crippen molar-refractivity contribution in [1.29, 1.82) is 0 Å². The van der Waals surface area contributed by atoms with Gasteiger partial charge in [0.05, 0.1) is 0 Å². The first kappa shape index (κ1) is 15.9. The molecule has 2 unspecified atom stereocenters. The number of hydrogen-bond donors (Lipinski definition) is 3. The van der Waals surface area contributed by atoms with Crippen molar-refractivity contribution in [1.82, 2.24) is 0 Å². The summed E-state index contributed by atoms with van der Waals surface area (Å²) in [7, 11) is 0. The number of ether oxygens (including phenoxy) is 2. The van der Waals surface area contributed by atoms with Crippen molar-refractivity contribution in [2.75, 3.05) is 13.2 Å². The Morgan fingerprint density at radius 1 is 0.944 bits per heavy atom. The normalized spacial score (nSPS) is 14.5. The highest BCUT2D eigenvalue weighted by molar-refractivity contribution is 5.87. The fraction of sp³-hybridized carbons (Fsp3) is 0.455. The Bertz CT molecular complexity index is 340. The van der Waals surface area contributed by atoms with Gasteiger partial charge in [-0.1, -0.05) is 0 Å². The molecule has 0 radical (unpaired) electrons. The van der Waals surface area contributed by atoms with Gasteiger partial charge >= 0.3 is 11.9 Å². The quantitative estimate of drug-likeness (QED) is 0.272. The van der Waals surface area contributed by atoms with E-state index in [1.54, 1.807) is 11.8 Å². The molecule has 0 rings (SSSR count). The van der Waals surface area contributed by atoms with Gasteiger partial charge in [-0.2, -0.15) is 0 Å². The summed E-state index contributed by atoms with van der Waals surface area (Å²) in [4.78, 5) is 21.1. The van der Waals surface area contributed by atoms with Crippen molar-refractivity contribution in [2.45, 2.75) is 18.3 Å². The van der Waals surface area contributed by atoms with E-state index in [1.165, 1.54) is 0 Å². The zero-order valence-corrected chi connectivity index (χ0v) is 9.28. The van der Waals surface area contributed by atoms with Gasteiger partial charge in [-0.05, 0) is 0 Å². The van der Waals surface area contributed by atoms with E-state index in [2.05, 4.69) is 9.47 Å². The number of rotatable bonds is 6. The molecule has 0 fully saturated rings. The Morgan fingerprint density at radius 3 is 1.56 bits per heavy atom. The standard InChI is InChI=1S/C11H12O7/c1-3-9(14)17-5-7(12)11(16)8(13)6-18-10(15)4-2/h1-2,7-8,11-13,16H,5-6H2. The van der Waals surface area contributed by atoms with Gasteiger partial charge in [0.1, 0.15) is 31.5 Å². The van der Waals surface area contributed by atoms with E-state index in [4.69, 9.17) is 12.8 Å². The van der Waals surface area contributed by atoms with E-state index < -0.39 is 43.5 Å². The van der Waals surface area contributed by atoms with Crippen LogP contribution >= 0.6 is 0 Å². The van der Waals surface area contributed by atoms with Crippen molar-refractivity contribution >= 4 is 11.9 Å². The van der Waals surface area contributed by atoms with Gasteiger partial charge in [-0.25, -0.2) is 9.59 Å². The number of carbonyl (C=O) groups excluding carboxylic acids is 2. The van der Waals surface area contributed by atoms with Crippen LogP contribution in [0, 0.1) is 24.7 Å². The van der Waals surface area contributed by atoms with Crippen LogP contribution < -0.4 is 0 Å². The van der Waals surface area contributed by atoms with Gasteiger partial charge < -0.3 is 24.8 Å². The molecular formula is C11H12O7. The molecule has 18 heavy (non-hydrogen) atoms. The summed E-state index contributed by atoms with van der Waals surface area (Å²) in [5.74, 6) is 1.22. The molecular weight excluding hydrogens is 244 g/mol. The zero-order chi connectivity index (χ0) is 14.1. The van der Waals surface area contributed by atoms with Crippen molar-refractivity contribution in [3.05, 3.63) is 0 Å². The van der Waals surface area contributed by atoms with Crippen molar-refractivity contribution in [2.24, 2.45) is 0 Å². The largest absolute Gasteiger partial charge is 0.453 e. The van der Waals surface area contributed by atoms with Crippen LogP contribution in [0.4, 0.5) is 0 Å². The average Bonchev–Trinajstić information content (AvgIpc) is 2.39. The smallest absolute Gasteiger partial charge is 0.384 e. The average molecular weight is 256 g/mol. The summed E-state index contributed by atoms with van der Waals surface area (Å²) < 4.78 is 8.67. The first-order valence-electron chi connectivity index (χ1n) is 4.73. The second-order valence-corrected chi connectivity index (χ2v) is 3.11. The van der Waals surface area contributed by atoms with Gasteiger partial charge in [0, 0.05) is 11.8 Å². The van der Waals surface area contributed by atoms with Gasteiger partial charge in [0.2, 0.25) is 0 Å². The lowest BCUT2D eigenvalue weighted by molar-refractivity contribution is -0.151. The number of carbonyl (C=O) groups is 2. The van der Waals surface area contributed by atoms with Gasteiger partial charge in [-0.15, -0.1) is 12.8 Å². The van der Waals surface area contributed by atoms with Crippen LogP contribution in [0.2, 0.25) is 0 Å². The van der Waals surface area contributed by atoms with E-state index in [1.807, 2.05) is 0 Å². The lowest BCUT2D eigenvalue weighted by Gasteiger charge is -2.21. The topological polar surface area (TPSA) is 113 Å². The van der Waals surface area contributed by atoms with Crippen LogP contribution in [0.15, 0.2) is 0 Å². The van der Waals surface area contributed by atoms with Crippen LogP contribution in [0.1, 0.15) is 0 Å². The lowest BCUT2D eigenvalue weighted by atomic mass is 10.1. The molecule has 7 nitrogen and oxygen atoms in total. The fourth-order valence-electron chi connectivity index (χ4n) is 0.859. The molecule has 0 aliphatic rings. The first-order chi connectivity index (χ1) is 8.42. The molecule has 0 aromatic carbocycles. The van der Waals surface area contributed by atoms with Crippen LogP contribution in [0.25, 0.3) is 0 Å². The molecule has 0 aromatic rings. The molecule has 0 bridgehead atoms. The number of hydrogen-bond acceptors (Lipinski definition) is 7. The molecule has 98 valence electrons. The van der Waals surface area contributed by atoms with E-state index in [0.29, 0.717) is 0 Å². The number of esters is 2. The molecule has 0 aliphatic carbocycles. The summed E-state index contributed by atoms with van der Waals surface area (Å²) in [5.41, 5.74) is 0. The molecule has 0 saturated carbocycles. The van der Waals surface area contributed by atoms with E-state index in [9.17, 15) is 24.9 Å². The highest BCUT2D eigenvalue weighted by atomic mass is 16.5. The maximum absolute atomic E-state index is 10.6. The molecule has 0 spiro atoms. The summed E-state index contributed by atoms with van der Waals surface area (Å²) in [5, 5.41) is 28.0. The maximum atomic E-state index is 10.6. The fourth-order valence-corrected chi connectivity index (χ4v) is 0.859. The Balaban J connectivity index is 4.09. The van der Waals surface area contributed by atoms with E-state index in [-0.39, 0.29) is 0 Å². The second-order valence-electron chi connectivity index (χ2n) is 3.11. The predicted octanol–water partition coefficient (Wildman–Crippen LogP) is -2.58. The monoisotopic (exact) mass is 256 g/mol. The molecule has 0 aliphatic heterocycles. The molecule has 0 aromatic heterocycles. The van der Waals surface area contributed by atoms with Gasteiger partial charge in [0.15, 0.2) is 0 Å². The highest BCUT2D eigenvalue weighted by Crippen LogP contribution is 2.02. The summed E-state index contributed by atoms with van der Waals surface area (Å²) in [6.45, 7) is -1.21. The molecule has 7 heteroatoms. The number of aliphatic hydroxyl groups excluding tert-OH is 3. The third-order valence-corrected chi connectivity index (χ3v) is 1.79. The number of aliphatic hydroxyl groups is 3. The Labute approximate surface area is 103 Å². The van der Waals surface area contributed by atoms with Crippen LogP contribution in [-0.4, -0.2) is 58.8 Å². The van der Waals surface area contributed by atoms with Crippen molar-refractivity contribution in [3.8, 4) is 24.7 Å². The van der Waals surface area contributed by atoms with E-state index >= 15 is 0 Å². The van der Waals surface area contributed by atoms with Crippen molar-refractivity contribution in [3.63, 3.8) is 0 Å². The molecule has 3 N–H and O–H groups in total. The third kappa shape index (κ3) is 5.87. The lowest BCUT2D eigenvalue weighted by Crippen LogP contribution is -2.43. The summed E-state index contributed by atoms with van der Waals surface area (Å²) in [6, 6.07) is 0. The first-order valence-corrected chi connectivity index (χ1v) is 4.73. The Hall–Kier alpha value is -2.06. The molecule has 0 amide bonds. The minimum Gasteiger partial charge on any atom is -0.453 e. The van der Waals surface area contributed by atoms with Gasteiger partial charge in [0.25, 0.3) is 0 Å². The minimum atomic E-state index is -1.69. The molecule has 2 atom stereocenters. The third-order valence-electron chi connectivity index (χ3n) is 1.79. The van der Waals surface area contributed by atoms with Gasteiger partial charge in [-0.3, -0.25) is 0 Å².